The number of methoxy groups -OCH3 is 3. The van der Waals surface area contributed by atoms with Crippen molar-refractivity contribution in [2.45, 2.75) is 39.7 Å². The maximum absolute atomic E-state index is 14.0. The molecular formula is C36H45N7O6. The topological polar surface area (TPSA) is 135 Å². The summed E-state index contributed by atoms with van der Waals surface area (Å²) in [6.07, 6.45) is 2.23. The maximum atomic E-state index is 14.0. The van der Waals surface area contributed by atoms with Crippen LogP contribution in [0.2, 0.25) is 0 Å². The van der Waals surface area contributed by atoms with Gasteiger partial charge in [-0.25, -0.2) is 4.98 Å². The van der Waals surface area contributed by atoms with Crippen LogP contribution in [-0.4, -0.2) is 104 Å². The number of aromatic nitrogens is 3. The zero-order valence-corrected chi connectivity index (χ0v) is 29.0. The van der Waals surface area contributed by atoms with E-state index in [1.165, 1.54) is 0 Å². The Labute approximate surface area is 286 Å². The number of ether oxygens (including phenoxy) is 3. The van der Waals surface area contributed by atoms with Crippen LogP contribution in [0.1, 0.15) is 48.0 Å². The Morgan fingerprint density at radius 1 is 1.02 bits per heavy atom. The van der Waals surface area contributed by atoms with Gasteiger partial charge in [0.2, 0.25) is 23.4 Å². The van der Waals surface area contributed by atoms with Crippen molar-refractivity contribution in [2.24, 2.45) is 5.92 Å². The number of fused-ring (bicyclic) bond motifs is 5. The highest BCUT2D eigenvalue weighted by atomic mass is 16.5. The number of amides is 2. The lowest BCUT2D eigenvalue weighted by Gasteiger charge is -2.35. The van der Waals surface area contributed by atoms with E-state index in [1.807, 2.05) is 18.2 Å². The summed E-state index contributed by atoms with van der Waals surface area (Å²) in [5.41, 5.74) is 3.00. The molecule has 2 amide bonds. The average molecular weight is 672 g/mol. The quantitative estimate of drug-likeness (QED) is 0.314. The Balaban J connectivity index is 1.35. The minimum absolute atomic E-state index is 0.0641. The Kier molecular flexibility index (Phi) is 10.5. The molecule has 4 heterocycles. The summed E-state index contributed by atoms with van der Waals surface area (Å²) in [7, 11) is 4.83. The molecule has 1 atom stereocenters. The zero-order valence-electron chi connectivity index (χ0n) is 29.0. The fraction of sp³-hybridized carbons (Fsp3) is 0.472. The second-order valence-electron chi connectivity index (χ2n) is 12.6. The summed E-state index contributed by atoms with van der Waals surface area (Å²) in [6.45, 7) is 8.75. The monoisotopic (exact) mass is 671 g/mol. The van der Waals surface area contributed by atoms with Gasteiger partial charge in [0.15, 0.2) is 11.5 Å². The molecule has 0 radical (unpaired) electrons. The molecule has 6 rings (SSSR count). The number of nitrogens with one attached hydrogen (secondary N) is 1. The minimum Gasteiger partial charge on any atom is -0.493 e. The number of rotatable bonds is 6. The van der Waals surface area contributed by atoms with Crippen molar-refractivity contribution < 1.29 is 28.3 Å². The number of likely N-dealkylation sites (N-methyl/N-ethyl adjacent to an activating group) is 1. The molecule has 0 saturated carbocycles. The Morgan fingerprint density at radius 2 is 1.86 bits per heavy atom. The molecule has 49 heavy (non-hydrogen) atoms. The van der Waals surface area contributed by atoms with Gasteiger partial charge in [-0.05, 0) is 43.5 Å². The lowest BCUT2D eigenvalue weighted by Crippen LogP contribution is -2.42. The molecule has 0 aliphatic carbocycles. The molecule has 2 aliphatic rings. The number of carbonyl (C=O) groups is 2. The number of nitrogens with zero attached hydrogens (tertiary/aromatic N) is 6. The van der Waals surface area contributed by atoms with Gasteiger partial charge in [0, 0.05) is 87.3 Å². The molecule has 2 aromatic carbocycles. The van der Waals surface area contributed by atoms with Crippen molar-refractivity contribution in [3.8, 4) is 28.6 Å². The first kappa shape index (κ1) is 34.0. The second kappa shape index (κ2) is 15.1. The van der Waals surface area contributed by atoms with Crippen molar-refractivity contribution in [1.82, 2.24) is 30.2 Å². The Bertz CT molecular complexity index is 1810. The number of aryl methyl sites for hydroxylation is 1. The van der Waals surface area contributed by atoms with E-state index in [0.717, 1.165) is 54.8 Å². The van der Waals surface area contributed by atoms with E-state index < -0.39 is 0 Å². The van der Waals surface area contributed by atoms with Crippen LogP contribution >= 0.6 is 0 Å². The van der Waals surface area contributed by atoms with Gasteiger partial charge in [0.05, 0.1) is 26.8 Å². The molecule has 13 nitrogen and oxygen atoms in total. The third-order valence-electron chi connectivity index (χ3n) is 9.40. The summed E-state index contributed by atoms with van der Waals surface area (Å²) >= 11 is 0. The van der Waals surface area contributed by atoms with Crippen LogP contribution in [0.25, 0.3) is 22.3 Å². The molecule has 13 heteroatoms. The van der Waals surface area contributed by atoms with E-state index in [0.29, 0.717) is 72.8 Å². The molecule has 1 fully saturated rings. The molecule has 260 valence electrons. The van der Waals surface area contributed by atoms with Crippen LogP contribution in [0.4, 0.5) is 5.82 Å². The number of anilines is 1. The third-order valence-corrected chi connectivity index (χ3v) is 9.40. The van der Waals surface area contributed by atoms with E-state index in [4.69, 9.17) is 23.7 Å². The highest BCUT2D eigenvalue weighted by Gasteiger charge is 2.27. The SMILES string of the molecule is CCN1CCN(C(=O)c2cccc(-c3noc(C)n3)c2)CCC(=O)NCC2CCCN(C2)c2nc3cc(OC)c(OC)c(OC)c3cc2C1. The molecule has 1 unspecified atom stereocenters. The fourth-order valence-electron chi connectivity index (χ4n) is 6.78. The highest BCUT2D eigenvalue weighted by molar-refractivity contribution is 5.95. The molecule has 1 saturated heterocycles. The van der Waals surface area contributed by atoms with E-state index >= 15 is 0 Å². The summed E-state index contributed by atoms with van der Waals surface area (Å²) in [4.78, 5) is 43.1. The number of pyridine rings is 1. The number of hydrogen-bond donors (Lipinski definition) is 1. The van der Waals surface area contributed by atoms with E-state index in [-0.39, 0.29) is 24.2 Å². The largest absolute Gasteiger partial charge is 0.493 e. The van der Waals surface area contributed by atoms with Gasteiger partial charge in [-0.1, -0.05) is 24.2 Å². The van der Waals surface area contributed by atoms with Crippen LogP contribution in [-0.2, 0) is 11.3 Å². The summed E-state index contributed by atoms with van der Waals surface area (Å²) in [5.74, 6) is 3.47. The first-order chi connectivity index (χ1) is 23.8. The number of hydrogen-bond acceptors (Lipinski definition) is 11. The predicted molar refractivity (Wildman–Crippen MR) is 185 cm³/mol. The number of piperidine rings is 1. The first-order valence-corrected chi connectivity index (χ1v) is 16.9. The zero-order chi connectivity index (χ0) is 34.5. The Hall–Kier alpha value is -4.91. The summed E-state index contributed by atoms with van der Waals surface area (Å²) < 4.78 is 22.4. The standard InChI is InChI=1S/C36H45N7O6/c1-6-41-15-16-42(36(45)26-11-7-10-25(17-26)34-38-23(2)49-40-34)14-12-31(44)37-20-24-9-8-13-43(21-24)35-27(22-41)18-28-29(39-35)19-30(46-3)33(48-5)32(28)47-4/h7,10-11,17-19,24H,6,8-9,12-16,20-22H2,1-5H3,(H,37,44). The van der Waals surface area contributed by atoms with Crippen LogP contribution in [0, 0.1) is 12.8 Å². The van der Waals surface area contributed by atoms with Crippen LogP contribution in [0.3, 0.4) is 0 Å². The second-order valence-corrected chi connectivity index (χ2v) is 12.6. The Morgan fingerprint density at radius 3 is 2.59 bits per heavy atom. The van der Waals surface area contributed by atoms with Gasteiger partial charge in [0.1, 0.15) is 5.82 Å². The fourth-order valence-corrected chi connectivity index (χ4v) is 6.78. The molecule has 4 aromatic rings. The number of carbonyl (C=O) groups excluding carboxylic acids is 2. The highest BCUT2D eigenvalue weighted by Crippen LogP contribution is 2.44. The maximum Gasteiger partial charge on any atom is 0.253 e. The van der Waals surface area contributed by atoms with Gasteiger partial charge >= 0.3 is 0 Å². The van der Waals surface area contributed by atoms with Crippen molar-refractivity contribution in [3.63, 3.8) is 0 Å². The summed E-state index contributed by atoms with van der Waals surface area (Å²) in [5, 5.41) is 8.00. The van der Waals surface area contributed by atoms with Crippen molar-refractivity contribution in [3.05, 3.63) is 53.4 Å². The molecule has 2 bridgehead atoms. The van der Waals surface area contributed by atoms with E-state index in [2.05, 4.69) is 38.2 Å². The first-order valence-electron chi connectivity index (χ1n) is 16.9. The predicted octanol–water partition coefficient (Wildman–Crippen LogP) is 4.32. The smallest absolute Gasteiger partial charge is 0.253 e. The molecule has 2 aromatic heterocycles. The van der Waals surface area contributed by atoms with Gasteiger partial charge in [0.25, 0.3) is 5.91 Å². The van der Waals surface area contributed by atoms with Gasteiger partial charge < -0.3 is 33.9 Å². The minimum atomic E-state index is -0.156. The number of benzene rings is 2. The van der Waals surface area contributed by atoms with Gasteiger partial charge in [-0.2, -0.15) is 4.98 Å². The van der Waals surface area contributed by atoms with Crippen LogP contribution in [0.5, 0.6) is 17.2 Å². The van der Waals surface area contributed by atoms with Crippen molar-refractivity contribution in [1.29, 1.82) is 0 Å². The van der Waals surface area contributed by atoms with E-state index in [9.17, 15) is 9.59 Å². The van der Waals surface area contributed by atoms with Crippen LogP contribution in [0.15, 0.2) is 40.9 Å². The molecule has 0 spiro atoms. The molecule has 1 N–H and O–H groups in total. The van der Waals surface area contributed by atoms with Gasteiger partial charge in [-0.3, -0.25) is 14.5 Å². The van der Waals surface area contributed by atoms with Crippen molar-refractivity contribution in [2.75, 3.05) is 72.0 Å². The average Bonchev–Trinajstić information content (AvgIpc) is 3.57. The van der Waals surface area contributed by atoms with Gasteiger partial charge in [-0.15, -0.1) is 0 Å². The third kappa shape index (κ3) is 7.41. The van der Waals surface area contributed by atoms with Crippen molar-refractivity contribution >= 4 is 28.5 Å². The van der Waals surface area contributed by atoms with E-state index in [1.54, 1.807) is 45.3 Å². The normalized spacial score (nSPS) is 17.9. The van der Waals surface area contributed by atoms with Crippen LogP contribution < -0.4 is 24.4 Å². The lowest BCUT2D eigenvalue weighted by atomic mass is 9.97. The molecular weight excluding hydrogens is 626 g/mol. The summed E-state index contributed by atoms with van der Waals surface area (Å²) in [6, 6.07) is 11.3. The lowest BCUT2D eigenvalue weighted by molar-refractivity contribution is -0.121. The molecule has 2 aliphatic heterocycles.